The van der Waals surface area contributed by atoms with Crippen LogP contribution in [0.2, 0.25) is 12.1 Å². The predicted octanol–water partition coefficient (Wildman–Crippen LogP) is 4.37. The molecule has 0 aliphatic rings. The maximum Gasteiger partial charge on any atom is 0.500 e. The maximum atomic E-state index is 5.94. The monoisotopic (exact) mass is 1030 g/mol. The van der Waals surface area contributed by atoms with E-state index in [1.807, 2.05) is 41.5 Å². The Hall–Kier alpha value is -0.0462. The highest BCUT2D eigenvalue weighted by molar-refractivity contribution is 7.80. The number of rotatable bonds is 43. The van der Waals surface area contributed by atoms with Crippen molar-refractivity contribution in [2.45, 2.75) is 115 Å². The lowest BCUT2D eigenvalue weighted by Crippen LogP contribution is -2.42. The normalized spacial score (nSPS) is 16.0. The van der Waals surface area contributed by atoms with E-state index in [4.69, 9.17) is 98.4 Å². The molecule has 8 atom stereocenters. The minimum absolute atomic E-state index is 0.0744. The average Bonchev–Trinajstić information content (AvgIpc) is 3.28. The van der Waals surface area contributed by atoms with Gasteiger partial charge in [-0.3, -0.25) is 0 Å². The molecule has 0 saturated heterocycles. The van der Waals surface area contributed by atoms with E-state index < -0.39 is 17.6 Å². The zero-order valence-electron chi connectivity index (χ0n) is 40.6. The van der Waals surface area contributed by atoms with Crippen molar-refractivity contribution < 1.29 is 73.9 Å². The molecule has 0 aliphatic heterocycles. The topological polar surface area (TPSA) is 172 Å². The lowest BCUT2D eigenvalue weighted by Gasteiger charge is -2.24. The number of nitrogens with one attached hydrogen (secondary N) is 2. The first-order valence-corrected chi connectivity index (χ1v) is 27.8. The van der Waals surface area contributed by atoms with Crippen LogP contribution in [0.15, 0.2) is 0 Å². The van der Waals surface area contributed by atoms with Crippen LogP contribution in [-0.4, -0.2) is 210 Å². The van der Waals surface area contributed by atoms with Crippen LogP contribution in [0.5, 0.6) is 0 Å². The number of thiocarbonyl (C=S) groups is 2. The van der Waals surface area contributed by atoms with Gasteiger partial charge in [-0.2, -0.15) is 25.3 Å². The molecule has 0 fully saturated rings. The van der Waals surface area contributed by atoms with Gasteiger partial charge in [-0.15, -0.1) is 0 Å². The molecule has 0 heterocycles. The van der Waals surface area contributed by atoms with E-state index in [1.54, 1.807) is 42.7 Å². The fraction of sp³-hybridized carbons (Fsp3) is 0.950. The minimum Gasteiger partial charge on any atom is -0.464 e. The average molecular weight is 1030 g/mol. The highest BCUT2D eigenvalue weighted by Crippen LogP contribution is 2.16. The van der Waals surface area contributed by atoms with Crippen molar-refractivity contribution in [1.29, 1.82) is 0 Å². The molecule has 0 bridgehead atoms. The van der Waals surface area contributed by atoms with E-state index in [0.717, 1.165) is 12.8 Å². The Kier molecular flexibility index (Phi) is 39.7. The second-order valence-corrected chi connectivity index (χ2v) is 22.8. The molecule has 2 N–H and O–H groups in total. The van der Waals surface area contributed by atoms with Crippen LogP contribution in [0, 0.1) is 0 Å². The van der Waals surface area contributed by atoms with Gasteiger partial charge in [-0.25, -0.2) is 0 Å². The highest BCUT2D eigenvalue weighted by Gasteiger charge is 2.37. The van der Waals surface area contributed by atoms with Crippen molar-refractivity contribution >= 4 is 77.7 Å². The van der Waals surface area contributed by atoms with Crippen molar-refractivity contribution in [3.05, 3.63) is 0 Å². The Morgan fingerprint density at radius 1 is 0.438 bits per heavy atom. The Balaban J connectivity index is 4.05. The van der Waals surface area contributed by atoms with Gasteiger partial charge in [-0.05, 0) is 78.8 Å². The van der Waals surface area contributed by atoms with Gasteiger partial charge in [-0.1, -0.05) is 0 Å². The molecule has 0 aromatic carbocycles. The lowest BCUT2D eigenvalue weighted by molar-refractivity contribution is -0.0875. The summed E-state index contributed by atoms with van der Waals surface area (Å²) in [4.78, 5) is 0. The molecule has 24 heteroatoms. The van der Waals surface area contributed by atoms with Crippen LogP contribution in [-0.2, 0) is 73.9 Å². The molecule has 0 radical (unpaired) electrons. The lowest BCUT2D eigenvalue weighted by atomic mass is 10.3. The van der Waals surface area contributed by atoms with E-state index in [1.165, 1.54) is 0 Å². The van der Waals surface area contributed by atoms with Crippen molar-refractivity contribution in [3.63, 3.8) is 0 Å². The summed E-state index contributed by atoms with van der Waals surface area (Å²) in [6.45, 7) is 16.9. The first kappa shape index (κ1) is 64.0. The van der Waals surface area contributed by atoms with E-state index in [0.29, 0.717) is 103 Å². The summed E-state index contributed by atoms with van der Waals surface area (Å²) < 4.78 is 91.1. The van der Waals surface area contributed by atoms with Gasteiger partial charge in [0.05, 0.1) is 103 Å². The van der Waals surface area contributed by atoms with Crippen LogP contribution >= 0.6 is 49.7 Å². The Bertz CT molecular complexity index is 1130. The zero-order chi connectivity index (χ0) is 48.2. The Morgan fingerprint density at radius 2 is 0.797 bits per heavy atom. The second kappa shape index (κ2) is 39.8. The SMILES string of the molecule is CO[Si](CCCOCC(CS)OC(=S)NC(C)COCC(C)OCC(C)OCC(C)OCCOCC(C)OCC(C)NC(=S)OC(CS)COCCC[Si](OC)(OC)OC)(OC)OC. The number of thiol groups is 2. The molecular weight excluding hydrogens is 949 g/mol. The van der Waals surface area contributed by atoms with Gasteiger partial charge >= 0.3 is 17.6 Å². The number of hydrogen-bond donors (Lipinski definition) is 4. The molecular formula is C40H84N2O16S4Si2. The molecule has 0 aromatic rings. The molecule has 382 valence electrons. The molecule has 0 saturated carbocycles. The summed E-state index contributed by atoms with van der Waals surface area (Å²) in [6, 6.07) is 1.15. The summed E-state index contributed by atoms with van der Waals surface area (Å²) in [5.41, 5.74) is 0. The zero-order valence-corrected chi connectivity index (χ0v) is 46.0. The van der Waals surface area contributed by atoms with Gasteiger partial charge in [0.25, 0.3) is 10.3 Å². The van der Waals surface area contributed by atoms with Gasteiger partial charge in [0, 0.05) is 79.5 Å². The molecule has 0 aliphatic carbocycles. The van der Waals surface area contributed by atoms with E-state index in [2.05, 4.69) is 35.9 Å². The fourth-order valence-corrected chi connectivity index (χ4v) is 9.91. The first-order valence-electron chi connectivity index (χ1n) is 21.8. The third-order valence-corrected chi connectivity index (χ3v) is 16.2. The van der Waals surface area contributed by atoms with Crippen LogP contribution in [0.1, 0.15) is 54.4 Å². The Labute approximate surface area is 408 Å². The van der Waals surface area contributed by atoms with E-state index in [9.17, 15) is 0 Å². The van der Waals surface area contributed by atoms with Gasteiger partial charge < -0.3 is 84.6 Å². The fourth-order valence-electron chi connectivity index (χ4n) is 5.50. The van der Waals surface area contributed by atoms with E-state index >= 15 is 0 Å². The van der Waals surface area contributed by atoms with Crippen LogP contribution < -0.4 is 10.6 Å². The smallest absolute Gasteiger partial charge is 0.464 e. The van der Waals surface area contributed by atoms with Crippen LogP contribution in [0.3, 0.4) is 0 Å². The summed E-state index contributed by atoms with van der Waals surface area (Å²) in [7, 11) is 4.36. The highest BCUT2D eigenvalue weighted by atomic mass is 32.1. The maximum absolute atomic E-state index is 5.94. The molecule has 64 heavy (non-hydrogen) atoms. The standard InChI is InChI=1S/C40H84N2O16S4Si2/c1-31(41-39(61)57-37(29-59)27-49-15-13-19-63(43-7,44-8)45-9)21-52-24-34(4)55-26-36(6)56-25-35(5)53-18-17-51-23-33(3)54-22-32(2)42-40(62)58-38(30-60)28-50-16-14-20-64(46-10,47-11)48-12/h31-38,59-60H,13-30H2,1-12H3,(H,41,61)(H,42,62). The summed E-state index contributed by atoms with van der Waals surface area (Å²) in [6.07, 6.45) is 0.392. The van der Waals surface area contributed by atoms with Crippen molar-refractivity contribution in [2.75, 3.05) is 133 Å². The van der Waals surface area contributed by atoms with Crippen molar-refractivity contribution in [3.8, 4) is 0 Å². The Morgan fingerprint density at radius 3 is 1.22 bits per heavy atom. The predicted molar refractivity (Wildman–Crippen MR) is 265 cm³/mol. The molecule has 0 aromatic heterocycles. The molecule has 8 unspecified atom stereocenters. The number of hydrogen-bond acceptors (Lipinski definition) is 20. The third kappa shape index (κ3) is 31.9. The van der Waals surface area contributed by atoms with Gasteiger partial charge in [0.15, 0.2) is 0 Å². The summed E-state index contributed by atoms with van der Waals surface area (Å²) >= 11 is 19.5. The van der Waals surface area contributed by atoms with Crippen LogP contribution in [0.25, 0.3) is 0 Å². The van der Waals surface area contributed by atoms with Gasteiger partial charge in [0.1, 0.15) is 12.2 Å². The number of ether oxygens (including phenoxy) is 10. The molecule has 0 amide bonds. The van der Waals surface area contributed by atoms with Gasteiger partial charge in [0.2, 0.25) is 0 Å². The molecule has 0 rings (SSSR count). The quantitative estimate of drug-likeness (QED) is 0.0294. The van der Waals surface area contributed by atoms with Crippen LogP contribution in [0.4, 0.5) is 0 Å². The van der Waals surface area contributed by atoms with Crippen molar-refractivity contribution in [2.24, 2.45) is 0 Å². The van der Waals surface area contributed by atoms with Crippen molar-refractivity contribution in [1.82, 2.24) is 10.6 Å². The largest absolute Gasteiger partial charge is 0.500 e. The second-order valence-electron chi connectivity index (χ2n) is 15.2. The third-order valence-electron chi connectivity index (χ3n) is 9.26. The first-order chi connectivity index (χ1) is 30.6. The molecule has 0 spiro atoms. The summed E-state index contributed by atoms with van der Waals surface area (Å²) in [5.74, 6) is 0.898. The van der Waals surface area contributed by atoms with E-state index in [-0.39, 0.29) is 59.1 Å². The molecule has 18 nitrogen and oxygen atoms in total. The minimum atomic E-state index is -2.61. The summed E-state index contributed by atoms with van der Waals surface area (Å²) in [5, 5.41) is 6.82.